The van der Waals surface area contributed by atoms with Gasteiger partial charge in [-0.3, -0.25) is 4.21 Å². The summed E-state index contributed by atoms with van der Waals surface area (Å²) < 4.78 is 11.2. The first kappa shape index (κ1) is 13.5. The summed E-state index contributed by atoms with van der Waals surface area (Å²) in [7, 11) is -0.560. The van der Waals surface area contributed by atoms with E-state index < -0.39 is 10.8 Å². The summed E-state index contributed by atoms with van der Waals surface area (Å²) in [6.07, 6.45) is 0. The lowest BCUT2D eigenvalue weighted by atomic mass is 9.81. The van der Waals surface area contributed by atoms with Crippen LogP contribution in [0.1, 0.15) is 20.8 Å². The lowest BCUT2D eigenvalue weighted by Gasteiger charge is -2.36. The second-order valence-electron chi connectivity index (χ2n) is 5.39. The van der Waals surface area contributed by atoms with Crippen LogP contribution in [0.5, 0.6) is 0 Å². The summed E-state index contributed by atoms with van der Waals surface area (Å²) >= 11 is 4.44. The van der Waals surface area contributed by atoms with E-state index in [0.29, 0.717) is 11.3 Å². The van der Waals surface area contributed by atoms with Gasteiger partial charge in [-0.15, -0.1) is 0 Å². The van der Waals surface area contributed by atoms with Gasteiger partial charge in [0.1, 0.15) is 0 Å². The zero-order valence-electron chi connectivity index (χ0n) is 10.0. The van der Waals surface area contributed by atoms with E-state index in [0.717, 1.165) is 36.9 Å². The van der Waals surface area contributed by atoms with Crippen molar-refractivity contribution < 1.29 is 4.21 Å². The molecule has 1 unspecified atom stereocenters. The molecule has 1 heterocycles. The predicted molar refractivity (Wildman–Crippen MR) is 71.1 cm³/mol. The summed E-state index contributed by atoms with van der Waals surface area (Å²) in [6.45, 7) is 9.91. The third-order valence-electron chi connectivity index (χ3n) is 3.19. The average molecular weight is 249 g/mol. The van der Waals surface area contributed by atoms with Crippen molar-refractivity contribution in [2.45, 2.75) is 20.8 Å². The summed E-state index contributed by atoms with van der Waals surface area (Å²) in [6, 6.07) is 0. The van der Waals surface area contributed by atoms with Gasteiger partial charge in [0.15, 0.2) is 0 Å². The van der Waals surface area contributed by atoms with Gasteiger partial charge in [-0.05, 0) is 17.1 Å². The SMILES string of the molecule is CC(C)(C)C(CS)CN1CCS(=O)CC1. The molecule has 0 aromatic heterocycles. The smallest absolute Gasteiger partial charge is 0.0363 e. The van der Waals surface area contributed by atoms with Gasteiger partial charge in [-0.1, -0.05) is 20.8 Å². The molecule has 1 saturated heterocycles. The highest BCUT2D eigenvalue weighted by molar-refractivity contribution is 7.85. The van der Waals surface area contributed by atoms with Crippen molar-refractivity contribution in [3.8, 4) is 0 Å². The molecule has 0 saturated carbocycles. The van der Waals surface area contributed by atoms with Crippen molar-refractivity contribution >= 4 is 23.4 Å². The number of hydrogen-bond donors (Lipinski definition) is 1. The van der Waals surface area contributed by atoms with Gasteiger partial charge >= 0.3 is 0 Å². The summed E-state index contributed by atoms with van der Waals surface area (Å²) in [4.78, 5) is 2.44. The lowest BCUT2D eigenvalue weighted by molar-refractivity contribution is 0.174. The Morgan fingerprint density at radius 3 is 2.27 bits per heavy atom. The fraction of sp³-hybridized carbons (Fsp3) is 1.00. The van der Waals surface area contributed by atoms with Gasteiger partial charge in [0.2, 0.25) is 0 Å². The first-order valence-electron chi connectivity index (χ1n) is 5.61. The number of hydrogen-bond acceptors (Lipinski definition) is 3. The molecule has 0 amide bonds. The molecule has 90 valence electrons. The van der Waals surface area contributed by atoms with E-state index >= 15 is 0 Å². The van der Waals surface area contributed by atoms with Crippen LogP contribution in [-0.4, -0.2) is 46.0 Å². The van der Waals surface area contributed by atoms with Crippen molar-refractivity contribution in [2.24, 2.45) is 11.3 Å². The second-order valence-corrected chi connectivity index (χ2v) is 7.46. The van der Waals surface area contributed by atoms with Gasteiger partial charge in [-0.2, -0.15) is 12.6 Å². The highest BCUT2D eigenvalue weighted by atomic mass is 32.2. The van der Waals surface area contributed by atoms with E-state index in [4.69, 9.17) is 0 Å². The zero-order chi connectivity index (χ0) is 11.5. The minimum absolute atomic E-state index is 0.318. The zero-order valence-corrected chi connectivity index (χ0v) is 11.7. The highest BCUT2D eigenvalue weighted by Gasteiger charge is 2.26. The normalized spacial score (nSPS) is 22.9. The molecular formula is C11H23NOS2. The van der Waals surface area contributed by atoms with Crippen LogP contribution in [0.3, 0.4) is 0 Å². The Hall–Kier alpha value is 0.460. The van der Waals surface area contributed by atoms with Crippen molar-refractivity contribution in [3.63, 3.8) is 0 Å². The maximum atomic E-state index is 11.2. The highest BCUT2D eigenvalue weighted by Crippen LogP contribution is 2.27. The lowest BCUT2D eigenvalue weighted by Crippen LogP contribution is -2.43. The number of rotatable bonds is 3. The molecule has 1 aliphatic rings. The Labute approximate surface area is 102 Å². The second kappa shape index (κ2) is 5.69. The molecule has 1 aliphatic heterocycles. The van der Waals surface area contributed by atoms with E-state index in [9.17, 15) is 4.21 Å². The molecule has 4 heteroatoms. The molecule has 0 aromatic rings. The Kier molecular flexibility index (Phi) is 5.13. The maximum absolute atomic E-state index is 11.2. The molecule has 1 atom stereocenters. The van der Waals surface area contributed by atoms with Crippen LogP contribution in [0, 0.1) is 11.3 Å². The summed E-state index contributed by atoms with van der Waals surface area (Å²) in [5.74, 6) is 3.25. The monoisotopic (exact) mass is 249 g/mol. The van der Waals surface area contributed by atoms with Crippen LogP contribution in [-0.2, 0) is 10.8 Å². The van der Waals surface area contributed by atoms with Crippen LogP contribution in [0.4, 0.5) is 0 Å². The van der Waals surface area contributed by atoms with Gasteiger partial charge in [0.25, 0.3) is 0 Å². The van der Waals surface area contributed by atoms with Gasteiger partial charge < -0.3 is 4.90 Å². The van der Waals surface area contributed by atoms with Gasteiger partial charge in [0, 0.05) is 41.9 Å². The van der Waals surface area contributed by atoms with Crippen molar-refractivity contribution in [2.75, 3.05) is 36.9 Å². The fourth-order valence-electron chi connectivity index (χ4n) is 1.78. The van der Waals surface area contributed by atoms with Gasteiger partial charge in [-0.25, -0.2) is 0 Å². The largest absolute Gasteiger partial charge is 0.301 e. The van der Waals surface area contributed by atoms with Crippen molar-refractivity contribution in [1.29, 1.82) is 0 Å². The standard InChI is InChI=1S/C11H23NOS2/c1-11(2,3)10(9-14)8-12-4-6-15(13)7-5-12/h10,14H,4-9H2,1-3H3. The molecule has 15 heavy (non-hydrogen) atoms. The summed E-state index contributed by atoms with van der Waals surface area (Å²) in [5.41, 5.74) is 0.318. The van der Waals surface area contributed by atoms with E-state index in [-0.39, 0.29) is 0 Å². The Morgan fingerprint density at radius 2 is 1.87 bits per heavy atom. The maximum Gasteiger partial charge on any atom is 0.0363 e. The molecule has 1 rings (SSSR count). The molecule has 0 aromatic carbocycles. The van der Waals surface area contributed by atoms with Crippen LogP contribution >= 0.6 is 12.6 Å². The Bertz CT molecular complexity index is 215. The van der Waals surface area contributed by atoms with Crippen LogP contribution < -0.4 is 0 Å². The molecular weight excluding hydrogens is 226 g/mol. The van der Waals surface area contributed by atoms with Crippen molar-refractivity contribution in [1.82, 2.24) is 4.90 Å². The first-order chi connectivity index (χ1) is 6.93. The molecule has 2 nitrogen and oxygen atoms in total. The fourth-order valence-corrected chi connectivity index (χ4v) is 3.57. The molecule has 0 N–H and O–H groups in total. The first-order valence-corrected chi connectivity index (χ1v) is 7.73. The summed E-state index contributed by atoms with van der Waals surface area (Å²) in [5, 5.41) is 0. The van der Waals surface area contributed by atoms with Crippen molar-refractivity contribution in [3.05, 3.63) is 0 Å². The molecule has 0 radical (unpaired) electrons. The van der Waals surface area contributed by atoms with Gasteiger partial charge in [0.05, 0.1) is 0 Å². The Balaban J connectivity index is 2.42. The van der Waals surface area contributed by atoms with E-state index in [1.165, 1.54) is 0 Å². The quantitative estimate of drug-likeness (QED) is 0.768. The number of thiol groups is 1. The molecule has 0 bridgehead atoms. The third-order valence-corrected chi connectivity index (χ3v) is 4.91. The minimum Gasteiger partial charge on any atom is -0.301 e. The minimum atomic E-state index is -0.560. The topological polar surface area (TPSA) is 20.3 Å². The average Bonchev–Trinajstić information content (AvgIpc) is 2.15. The molecule has 0 spiro atoms. The van der Waals surface area contributed by atoms with Crippen LogP contribution in [0.25, 0.3) is 0 Å². The number of nitrogens with zero attached hydrogens (tertiary/aromatic N) is 1. The Morgan fingerprint density at radius 1 is 1.33 bits per heavy atom. The predicted octanol–water partition coefficient (Wildman–Crippen LogP) is 1.64. The molecule has 1 fully saturated rings. The van der Waals surface area contributed by atoms with E-state index in [1.54, 1.807) is 0 Å². The van der Waals surface area contributed by atoms with E-state index in [1.807, 2.05) is 0 Å². The van der Waals surface area contributed by atoms with Crippen LogP contribution in [0.15, 0.2) is 0 Å². The molecule has 0 aliphatic carbocycles. The third kappa shape index (κ3) is 4.45. The van der Waals surface area contributed by atoms with E-state index in [2.05, 4.69) is 38.3 Å². The van der Waals surface area contributed by atoms with Crippen LogP contribution in [0.2, 0.25) is 0 Å².